The molecule has 5 nitrogen and oxygen atoms in total. The molecule has 1 fully saturated rings. The van der Waals surface area contributed by atoms with Crippen LogP contribution in [0.5, 0.6) is 5.75 Å². The van der Waals surface area contributed by atoms with Crippen molar-refractivity contribution >= 4 is 35.0 Å². The molecule has 2 amide bonds. The first-order valence-corrected chi connectivity index (χ1v) is 10.9. The molecule has 1 aliphatic heterocycles. The van der Waals surface area contributed by atoms with Crippen molar-refractivity contribution < 1.29 is 18.7 Å². The number of benzene rings is 3. The first-order chi connectivity index (χ1) is 15.0. The van der Waals surface area contributed by atoms with Gasteiger partial charge in [-0.2, -0.15) is 0 Å². The molecule has 1 N–H and O–H groups in total. The third kappa shape index (κ3) is 4.72. The molecule has 1 atom stereocenters. The van der Waals surface area contributed by atoms with Crippen molar-refractivity contribution in [3.05, 3.63) is 89.7 Å². The third-order valence-electron chi connectivity index (χ3n) is 4.83. The Bertz CT molecular complexity index is 1090. The number of amides is 2. The second kappa shape index (κ2) is 9.22. The van der Waals surface area contributed by atoms with E-state index in [1.54, 1.807) is 11.0 Å². The van der Waals surface area contributed by atoms with Crippen molar-refractivity contribution in [2.24, 2.45) is 0 Å². The van der Waals surface area contributed by atoms with Crippen LogP contribution in [0.3, 0.4) is 0 Å². The normalized spacial score (nSPS) is 15.7. The fourth-order valence-electron chi connectivity index (χ4n) is 3.39. The maximum atomic E-state index is 13.1. The molecule has 1 saturated heterocycles. The van der Waals surface area contributed by atoms with E-state index in [9.17, 15) is 14.0 Å². The summed E-state index contributed by atoms with van der Waals surface area (Å²) in [5.41, 5.74) is 2.68. The van der Waals surface area contributed by atoms with Gasteiger partial charge < -0.3 is 10.1 Å². The molecular weight excluding hydrogens is 415 g/mol. The minimum Gasteiger partial charge on any atom is -0.494 e. The third-order valence-corrected chi connectivity index (χ3v) is 6.04. The molecule has 0 saturated carbocycles. The van der Waals surface area contributed by atoms with Gasteiger partial charge in [0.05, 0.1) is 12.4 Å². The van der Waals surface area contributed by atoms with Crippen LogP contribution in [0.25, 0.3) is 0 Å². The summed E-state index contributed by atoms with van der Waals surface area (Å²) >= 11 is 1.54. The lowest BCUT2D eigenvalue weighted by molar-refractivity contribution is -0.115. The van der Waals surface area contributed by atoms with Gasteiger partial charge in [-0.05, 0) is 73.2 Å². The number of nitrogens with one attached hydrogen (secondary N) is 1. The Morgan fingerprint density at radius 3 is 2.58 bits per heavy atom. The average molecular weight is 437 g/mol. The molecule has 0 radical (unpaired) electrons. The number of hydrogen-bond donors (Lipinski definition) is 1. The second-order valence-corrected chi connectivity index (χ2v) is 8.01. The lowest BCUT2D eigenvalue weighted by Crippen LogP contribution is -2.27. The largest absolute Gasteiger partial charge is 0.494 e. The van der Waals surface area contributed by atoms with E-state index in [0.29, 0.717) is 23.6 Å². The number of carbonyl (C=O) groups is 2. The molecule has 0 unspecified atom stereocenters. The highest BCUT2D eigenvalue weighted by Crippen LogP contribution is 2.42. The number of ether oxygens (including phenoxy) is 1. The number of thioether (sulfide) groups is 1. The summed E-state index contributed by atoms with van der Waals surface area (Å²) in [6.07, 6.45) is 0. The molecule has 0 aliphatic carbocycles. The summed E-state index contributed by atoms with van der Waals surface area (Å²) in [7, 11) is 0. The lowest BCUT2D eigenvalue weighted by Gasteiger charge is -2.25. The highest BCUT2D eigenvalue weighted by atomic mass is 32.2. The summed E-state index contributed by atoms with van der Waals surface area (Å²) in [4.78, 5) is 26.8. The highest BCUT2D eigenvalue weighted by Gasteiger charge is 2.34. The molecule has 4 rings (SSSR count). The van der Waals surface area contributed by atoms with Crippen LogP contribution >= 0.6 is 11.8 Å². The summed E-state index contributed by atoms with van der Waals surface area (Å²) in [5.74, 6) is 0.448. The topological polar surface area (TPSA) is 58.6 Å². The molecule has 3 aromatic rings. The molecule has 31 heavy (non-hydrogen) atoms. The average Bonchev–Trinajstić information content (AvgIpc) is 3.16. The minimum atomic E-state index is -0.393. The number of nitrogens with zero attached hydrogens (tertiary/aromatic N) is 1. The second-order valence-electron chi connectivity index (χ2n) is 6.94. The van der Waals surface area contributed by atoms with E-state index in [-0.39, 0.29) is 17.2 Å². The quantitative estimate of drug-likeness (QED) is 0.573. The van der Waals surface area contributed by atoms with E-state index in [4.69, 9.17) is 4.74 Å². The van der Waals surface area contributed by atoms with Gasteiger partial charge in [0.15, 0.2) is 0 Å². The molecule has 7 heteroatoms. The Kier molecular flexibility index (Phi) is 6.23. The molecule has 1 heterocycles. The van der Waals surface area contributed by atoms with E-state index in [2.05, 4.69) is 5.32 Å². The van der Waals surface area contributed by atoms with E-state index >= 15 is 0 Å². The van der Waals surface area contributed by atoms with Gasteiger partial charge in [0.1, 0.15) is 16.9 Å². The molecule has 3 aromatic carbocycles. The molecule has 0 spiro atoms. The van der Waals surface area contributed by atoms with Gasteiger partial charge in [-0.15, -0.1) is 11.8 Å². The molecular formula is C24H21FN2O3S. The predicted molar refractivity (Wildman–Crippen MR) is 121 cm³/mol. The minimum absolute atomic E-state index is 0.0277. The van der Waals surface area contributed by atoms with Crippen molar-refractivity contribution in [3.8, 4) is 5.75 Å². The zero-order valence-electron chi connectivity index (χ0n) is 16.9. The first kappa shape index (κ1) is 20.9. The van der Waals surface area contributed by atoms with Gasteiger partial charge in [-0.25, -0.2) is 4.39 Å². The lowest BCUT2D eigenvalue weighted by atomic mass is 10.1. The summed E-state index contributed by atoms with van der Waals surface area (Å²) in [6, 6.07) is 20.3. The summed E-state index contributed by atoms with van der Waals surface area (Å²) in [6.45, 7) is 2.50. The number of anilines is 2. The van der Waals surface area contributed by atoms with Gasteiger partial charge in [-0.1, -0.05) is 12.1 Å². The Balaban J connectivity index is 1.55. The number of rotatable bonds is 6. The van der Waals surface area contributed by atoms with Crippen LogP contribution in [0.2, 0.25) is 0 Å². The van der Waals surface area contributed by atoms with E-state index in [0.717, 1.165) is 17.0 Å². The van der Waals surface area contributed by atoms with Gasteiger partial charge in [0, 0.05) is 16.9 Å². The Labute approximate surface area is 184 Å². The Hall–Kier alpha value is -3.32. The molecule has 0 bridgehead atoms. The SMILES string of the molecule is CCOc1ccc(N2C(=O)CS[C@@H]2c2cccc(NC(=O)c3ccc(F)cc3)c2)cc1. The van der Waals surface area contributed by atoms with Crippen LogP contribution < -0.4 is 15.0 Å². The van der Waals surface area contributed by atoms with Gasteiger partial charge in [-0.3, -0.25) is 14.5 Å². The Morgan fingerprint density at radius 2 is 1.87 bits per heavy atom. The summed E-state index contributed by atoms with van der Waals surface area (Å²) < 4.78 is 18.6. The van der Waals surface area contributed by atoms with Crippen molar-refractivity contribution in [1.29, 1.82) is 0 Å². The monoisotopic (exact) mass is 436 g/mol. The van der Waals surface area contributed by atoms with Crippen molar-refractivity contribution in [1.82, 2.24) is 0 Å². The van der Waals surface area contributed by atoms with Gasteiger partial charge >= 0.3 is 0 Å². The first-order valence-electron chi connectivity index (χ1n) is 9.88. The van der Waals surface area contributed by atoms with Gasteiger partial charge in [0.2, 0.25) is 5.91 Å². The summed E-state index contributed by atoms with van der Waals surface area (Å²) in [5, 5.41) is 2.64. The number of hydrogen-bond acceptors (Lipinski definition) is 4. The predicted octanol–water partition coefficient (Wildman–Crippen LogP) is 5.26. The zero-order valence-corrected chi connectivity index (χ0v) is 17.7. The van der Waals surface area contributed by atoms with Crippen molar-refractivity contribution in [2.45, 2.75) is 12.3 Å². The van der Waals surface area contributed by atoms with E-state index in [1.807, 2.05) is 49.4 Å². The van der Waals surface area contributed by atoms with Crippen LogP contribution in [0.15, 0.2) is 72.8 Å². The molecule has 158 valence electrons. The van der Waals surface area contributed by atoms with Gasteiger partial charge in [0.25, 0.3) is 5.91 Å². The van der Waals surface area contributed by atoms with Crippen molar-refractivity contribution in [2.75, 3.05) is 22.6 Å². The fourth-order valence-corrected chi connectivity index (χ4v) is 4.56. The number of carbonyl (C=O) groups excluding carboxylic acids is 2. The standard InChI is InChI=1S/C24H21FN2O3S/c1-2-30-21-12-10-20(11-13-21)27-22(28)15-31-24(27)17-4-3-5-19(14-17)26-23(29)16-6-8-18(25)9-7-16/h3-14,24H,2,15H2,1H3,(H,26,29)/t24-/m1/s1. The zero-order chi connectivity index (χ0) is 21.8. The van der Waals surface area contributed by atoms with Crippen LogP contribution in [0, 0.1) is 5.82 Å². The molecule has 1 aliphatic rings. The molecule has 0 aromatic heterocycles. The van der Waals surface area contributed by atoms with E-state index < -0.39 is 5.82 Å². The Morgan fingerprint density at radius 1 is 1.13 bits per heavy atom. The smallest absolute Gasteiger partial charge is 0.255 e. The van der Waals surface area contributed by atoms with E-state index in [1.165, 1.54) is 36.0 Å². The van der Waals surface area contributed by atoms with Crippen molar-refractivity contribution in [3.63, 3.8) is 0 Å². The van der Waals surface area contributed by atoms with Crippen LogP contribution in [-0.2, 0) is 4.79 Å². The maximum Gasteiger partial charge on any atom is 0.255 e. The highest BCUT2D eigenvalue weighted by molar-refractivity contribution is 8.00. The van der Waals surface area contributed by atoms with Crippen LogP contribution in [0.4, 0.5) is 15.8 Å². The number of halogens is 1. The maximum absolute atomic E-state index is 13.1. The fraction of sp³-hybridized carbons (Fsp3) is 0.167. The van der Waals surface area contributed by atoms with Crippen LogP contribution in [-0.4, -0.2) is 24.2 Å². The van der Waals surface area contributed by atoms with Crippen LogP contribution in [0.1, 0.15) is 28.2 Å².